The van der Waals surface area contributed by atoms with Gasteiger partial charge in [0, 0.05) is 13.6 Å². The lowest BCUT2D eigenvalue weighted by atomic mass is 10.1. The molecule has 2 aromatic carbocycles. The number of phenolic OH excluding ortho intramolecular Hbond substituents is 1. The summed E-state index contributed by atoms with van der Waals surface area (Å²) in [6, 6.07) is 9.17. The Bertz CT molecular complexity index is 665. The van der Waals surface area contributed by atoms with Crippen LogP contribution in [0.25, 0.3) is 0 Å². The highest BCUT2D eigenvalue weighted by molar-refractivity contribution is 14.1. The first-order valence-corrected chi connectivity index (χ1v) is 8.45. The zero-order valence-electron chi connectivity index (χ0n) is 11.3. The Balaban J connectivity index is 2.22. The molecule has 0 saturated carbocycles. The van der Waals surface area contributed by atoms with E-state index >= 15 is 0 Å². The van der Waals surface area contributed by atoms with Crippen LogP contribution in [0.3, 0.4) is 0 Å². The van der Waals surface area contributed by atoms with Crippen molar-refractivity contribution in [3.8, 4) is 17.2 Å². The molecule has 2 rings (SSSR count). The number of nitrogens with two attached hydrogens (primary N) is 1. The summed E-state index contributed by atoms with van der Waals surface area (Å²) >= 11 is 4.29. The van der Waals surface area contributed by atoms with Gasteiger partial charge in [-0.1, -0.05) is 0 Å². The van der Waals surface area contributed by atoms with Gasteiger partial charge >= 0.3 is 5.97 Å². The number of hydrogen-bond donors (Lipinski definition) is 3. The van der Waals surface area contributed by atoms with E-state index in [0.717, 1.165) is 12.7 Å². The van der Waals surface area contributed by atoms with Crippen LogP contribution in [0.15, 0.2) is 36.4 Å². The molecule has 0 aliphatic rings. The van der Waals surface area contributed by atoms with E-state index in [4.69, 9.17) is 15.6 Å². The van der Waals surface area contributed by atoms with Crippen LogP contribution in [0.1, 0.15) is 5.56 Å². The third-order valence-electron chi connectivity index (χ3n) is 2.93. The number of benzene rings is 2. The van der Waals surface area contributed by atoms with Crippen molar-refractivity contribution in [2.24, 2.45) is 5.73 Å². The first kappa shape index (κ1) is 17.3. The van der Waals surface area contributed by atoms with Crippen LogP contribution in [0, 0.1) is 7.14 Å². The third kappa shape index (κ3) is 4.46. The number of aromatic hydroxyl groups is 1. The van der Waals surface area contributed by atoms with Crippen LogP contribution in [-0.4, -0.2) is 22.2 Å². The Morgan fingerprint density at radius 3 is 2.18 bits per heavy atom. The average Bonchev–Trinajstić information content (AvgIpc) is 2.45. The molecule has 0 radical (unpaired) electrons. The lowest BCUT2D eigenvalue weighted by Gasteiger charge is -2.13. The normalized spacial score (nSPS) is 12.0. The van der Waals surface area contributed by atoms with E-state index in [1.54, 1.807) is 24.3 Å². The van der Waals surface area contributed by atoms with Crippen molar-refractivity contribution in [1.29, 1.82) is 0 Å². The van der Waals surface area contributed by atoms with Crippen LogP contribution >= 0.6 is 45.2 Å². The van der Waals surface area contributed by atoms with E-state index in [9.17, 15) is 9.90 Å². The van der Waals surface area contributed by atoms with Gasteiger partial charge in [0.2, 0.25) is 0 Å². The second-order valence-corrected chi connectivity index (χ2v) is 6.93. The SMILES string of the molecule is NC(Cc1c(I)cc(Oc2ccc(O)cc2)cc1I)C(=O)O. The summed E-state index contributed by atoms with van der Waals surface area (Å²) in [6.45, 7) is 0. The van der Waals surface area contributed by atoms with Crippen molar-refractivity contribution < 1.29 is 19.7 Å². The van der Waals surface area contributed by atoms with E-state index < -0.39 is 12.0 Å². The number of phenols is 1. The predicted octanol–water partition coefficient (Wildman–Crippen LogP) is 3.35. The number of halogens is 2. The number of carbonyl (C=O) groups is 1. The van der Waals surface area contributed by atoms with Gasteiger partial charge in [0.25, 0.3) is 0 Å². The maximum atomic E-state index is 10.9. The smallest absolute Gasteiger partial charge is 0.320 e. The molecule has 0 aromatic heterocycles. The fourth-order valence-electron chi connectivity index (χ4n) is 1.79. The summed E-state index contributed by atoms with van der Waals surface area (Å²) in [5.41, 5.74) is 6.50. The van der Waals surface area contributed by atoms with Gasteiger partial charge in [-0.15, -0.1) is 0 Å². The number of ether oxygens (including phenoxy) is 1. The Hall–Kier alpha value is -1.07. The topological polar surface area (TPSA) is 92.8 Å². The molecule has 4 N–H and O–H groups in total. The molecule has 0 aliphatic carbocycles. The minimum absolute atomic E-state index is 0.175. The Morgan fingerprint density at radius 2 is 1.68 bits per heavy atom. The van der Waals surface area contributed by atoms with E-state index in [-0.39, 0.29) is 12.2 Å². The van der Waals surface area contributed by atoms with Crippen molar-refractivity contribution in [1.82, 2.24) is 0 Å². The maximum Gasteiger partial charge on any atom is 0.320 e. The molecule has 0 heterocycles. The number of carboxylic acids is 1. The molecule has 2 aromatic rings. The number of carboxylic acid groups (broad SMARTS) is 1. The first-order valence-electron chi connectivity index (χ1n) is 6.30. The van der Waals surface area contributed by atoms with Gasteiger partial charge in [0.05, 0.1) is 0 Å². The summed E-state index contributed by atoms with van der Waals surface area (Å²) in [5.74, 6) is 0.414. The molecule has 0 fully saturated rings. The fourth-order valence-corrected chi connectivity index (χ4v) is 3.94. The fraction of sp³-hybridized carbons (Fsp3) is 0.133. The number of rotatable bonds is 5. The molecule has 1 unspecified atom stereocenters. The maximum absolute atomic E-state index is 10.9. The monoisotopic (exact) mass is 525 g/mol. The summed E-state index contributed by atoms with van der Waals surface area (Å²) < 4.78 is 7.53. The average molecular weight is 525 g/mol. The van der Waals surface area contributed by atoms with E-state index in [2.05, 4.69) is 45.2 Å². The highest BCUT2D eigenvalue weighted by Crippen LogP contribution is 2.30. The molecular formula is C15H13I2NO4. The van der Waals surface area contributed by atoms with Gasteiger partial charge in [0.15, 0.2) is 0 Å². The second-order valence-electron chi connectivity index (χ2n) is 4.61. The zero-order chi connectivity index (χ0) is 16.3. The quantitative estimate of drug-likeness (QED) is 0.522. The lowest BCUT2D eigenvalue weighted by Crippen LogP contribution is -2.32. The van der Waals surface area contributed by atoms with E-state index in [0.29, 0.717) is 11.5 Å². The molecule has 0 saturated heterocycles. The van der Waals surface area contributed by atoms with E-state index in [1.807, 2.05) is 12.1 Å². The highest BCUT2D eigenvalue weighted by atomic mass is 127. The third-order valence-corrected chi connectivity index (χ3v) is 4.85. The first-order chi connectivity index (χ1) is 10.4. The van der Waals surface area contributed by atoms with Gasteiger partial charge in [-0.25, -0.2) is 0 Å². The van der Waals surface area contributed by atoms with Crippen molar-refractivity contribution >= 4 is 51.2 Å². The number of hydrogen-bond acceptors (Lipinski definition) is 4. The summed E-state index contributed by atoms with van der Waals surface area (Å²) in [5, 5.41) is 18.2. The van der Waals surface area contributed by atoms with Crippen LogP contribution in [0.5, 0.6) is 17.2 Å². The molecule has 5 nitrogen and oxygen atoms in total. The minimum Gasteiger partial charge on any atom is -0.508 e. The van der Waals surface area contributed by atoms with Crippen LogP contribution in [0.4, 0.5) is 0 Å². The molecule has 7 heteroatoms. The molecule has 116 valence electrons. The van der Waals surface area contributed by atoms with Crippen molar-refractivity contribution in [2.45, 2.75) is 12.5 Å². The van der Waals surface area contributed by atoms with Crippen LogP contribution in [-0.2, 0) is 11.2 Å². The van der Waals surface area contributed by atoms with Gasteiger partial charge in [-0.3, -0.25) is 4.79 Å². The molecule has 22 heavy (non-hydrogen) atoms. The lowest BCUT2D eigenvalue weighted by molar-refractivity contribution is -0.138. The summed E-state index contributed by atoms with van der Waals surface area (Å²) in [7, 11) is 0. The van der Waals surface area contributed by atoms with Gasteiger partial charge in [0.1, 0.15) is 23.3 Å². The van der Waals surface area contributed by atoms with Crippen molar-refractivity contribution in [2.75, 3.05) is 0 Å². The number of aliphatic carboxylic acids is 1. The standard InChI is InChI=1S/C15H13I2NO4/c16-12-5-10(22-9-3-1-8(19)2-4-9)6-13(17)11(12)7-14(18)15(20)21/h1-6,14,19H,7,18H2,(H,20,21). The molecular weight excluding hydrogens is 512 g/mol. The Labute approximate surface area is 154 Å². The summed E-state index contributed by atoms with van der Waals surface area (Å²) in [6.07, 6.45) is 0.269. The van der Waals surface area contributed by atoms with Crippen molar-refractivity contribution in [3.05, 3.63) is 49.1 Å². The zero-order valence-corrected chi connectivity index (χ0v) is 15.6. The van der Waals surface area contributed by atoms with Gasteiger partial charge in [-0.2, -0.15) is 0 Å². The van der Waals surface area contributed by atoms with Crippen molar-refractivity contribution in [3.63, 3.8) is 0 Å². The minimum atomic E-state index is -1.02. The van der Waals surface area contributed by atoms with E-state index in [1.165, 1.54) is 0 Å². The molecule has 0 aliphatic heterocycles. The molecule has 0 amide bonds. The molecule has 0 bridgehead atoms. The predicted molar refractivity (Wildman–Crippen MR) is 99.4 cm³/mol. The second kappa shape index (κ2) is 7.47. The Morgan fingerprint density at radius 1 is 1.14 bits per heavy atom. The van der Waals surface area contributed by atoms with Gasteiger partial charge < -0.3 is 20.7 Å². The van der Waals surface area contributed by atoms with Gasteiger partial charge in [-0.05, 0) is 87.1 Å². The van der Waals surface area contributed by atoms with Crippen LogP contribution in [0.2, 0.25) is 0 Å². The molecule has 1 atom stereocenters. The van der Waals surface area contributed by atoms with Crippen LogP contribution < -0.4 is 10.5 Å². The highest BCUT2D eigenvalue weighted by Gasteiger charge is 2.17. The largest absolute Gasteiger partial charge is 0.508 e. The Kier molecular flexibility index (Phi) is 5.87. The molecule has 0 spiro atoms. The summed E-state index contributed by atoms with van der Waals surface area (Å²) in [4.78, 5) is 10.9.